The highest BCUT2D eigenvalue weighted by Gasteiger charge is 2.36. The van der Waals surface area contributed by atoms with Gasteiger partial charge in [-0.05, 0) is 16.8 Å². The van der Waals surface area contributed by atoms with E-state index in [1.165, 1.54) is 0 Å². The summed E-state index contributed by atoms with van der Waals surface area (Å²) in [6.07, 6.45) is -6.84. The van der Waals surface area contributed by atoms with Gasteiger partial charge in [-0.25, -0.2) is 18.3 Å². The maximum Gasteiger partial charge on any atom is 0.433 e. The SMILES string of the molecule is O=C(Nc1cc(OCC(F)F)cc([N+](=O)[O-])c1)c1cnn2c(C(F)(F)F)cc(-c3cccc4ccccc34)nc12. The van der Waals surface area contributed by atoms with Gasteiger partial charge in [-0.1, -0.05) is 42.5 Å². The van der Waals surface area contributed by atoms with E-state index >= 15 is 0 Å². The van der Waals surface area contributed by atoms with E-state index in [1.807, 2.05) is 0 Å². The number of nitrogens with zero attached hydrogens (tertiary/aromatic N) is 4. The number of hydrogen-bond donors (Lipinski definition) is 1. The fourth-order valence-corrected chi connectivity index (χ4v) is 4.11. The van der Waals surface area contributed by atoms with Crippen molar-refractivity contribution >= 4 is 33.7 Å². The first-order valence-electron chi connectivity index (χ1n) is 11.5. The van der Waals surface area contributed by atoms with Crippen LogP contribution in [0.2, 0.25) is 0 Å². The van der Waals surface area contributed by atoms with Crippen molar-refractivity contribution in [1.29, 1.82) is 0 Å². The second-order valence-corrected chi connectivity index (χ2v) is 8.47. The molecule has 40 heavy (non-hydrogen) atoms. The number of amides is 1. The summed E-state index contributed by atoms with van der Waals surface area (Å²) in [6, 6.07) is 15.8. The number of fused-ring (bicyclic) bond motifs is 2. The second-order valence-electron chi connectivity index (χ2n) is 8.47. The first-order chi connectivity index (χ1) is 19.0. The lowest BCUT2D eigenvalue weighted by molar-refractivity contribution is -0.384. The average molecular weight is 557 g/mol. The third-order valence-electron chi connectivity index (χ3n) is 5.81. The van der Waals surface area contributed by atoms with E-state index in [2.05, 4.69) is 15.4 Å². The Bertz CT molecular complexity index is 1770. The third-order valence-corrected chi connectivity index (χ3v) is 5.81. The monoisotopic (exact) mass is 557 g/mol. The second kappa shape index (κ2) is 10.2. The van der Waals surface area contributed by atoms with Crippen molar-refractivity contribution in [2.24, 2.45) is 0 Å². The first-order valence-corrected chi connectivity index (χ1v) is 11.5. The molecule has 0 unspecified atom stereocenters. The minimum atomic E-state index is -4.86. The van der Waals surface area contributed by atoms with Crippen LogP contribution in [0.1, 0.15) is 16.1 Å². The lowest BCUT2D eigenvalue weighted by atomic mass is 10.0. The average Bonchev–Trinajstić information content (AvgIpc) is 3.34. The number of carbonyl (C=O) groups is 1. The van der Waals surface area contributed by atoms with E-state index < -0.39 is 47.1 Å². The number of anilines is 1. The summed E-state index contributed by atoms with van der Waals surface area (Å²) in [5.41, 5.74) is -2.44. The minimum Gasteiger partial charge on any atom is -0.487 e. The molecule has 0 atom stereocenters. The highest BCUT2D eigenvalue weighted by atomic mass is 19.4. The first kappa shape index (κ1) is 26.5. The zero-order valence-electron chi connectivity index (χ0n) is 20.0. The maximum atomic E-state index is 14.1. The van der Waals surface area contributed by atoms with Crippen LogP contribution in [0.5, 0.6) is 5.75 Å². The quantitative estimate of drug-likeness (QED) is 0.141. The van der Waals surface area contributed by atoms with Gasteiger partial charge in [0.1, 0.15) is 17.9 Å². The van der Waals surface area contributed by atoms with Crippen molar-refractivity contribution in [1.82, 2.24) is 14.6 Å². The highest BCUT2D eigenvalue weighted by molar-refractivity contribution is 6.08. The number of aromatic nitrogens is 3. The molecule has 0 radical (unpaired) electrons. The van der Waals surface area contributed by atoms with Crippen molar-refractivity contribution in [2.45, 2.75) is 12.6 Å². The summed E-state index contributed by atoms with van der Waals surface area (Å²) in [6.45, 7) is -1.05. The molecule has 204 valence electrons. The number of benzene rings is 3. The van der Waals surface area contributed by atoms with Crippen molar-refractivity contribution in [3.63, 3.8) is 0 Å². The van der Waals surface area contributed by atoms with Crippen LogP contribution in [0.3, 0.4) is 0 Å². The maximum absolute atomic E-state index is 14.1. The van der Waals surface area contributed by atoms with E-state index in [0.29, 0.717) is 15.5 Å². The van der Waals surface area contributed by atoms with Crippen LogP contribution in [0.15, 0.2) is 72.9 Å². The van der Waals surface area contributed by atoms with Gasteiger partial charge in [0.05, 0.1) is 28.6 Å². The molecular weight excluding hydrogens is 541 g/mol. The van der Waals surface area contributed by atoms with E-state index in [0.717, 1.165) is 35.8 Å². The van der Waals surface area contributed by atoms with E-state index in [9.17, 15) is 36.9 Å². The molecule has 3 aromatic carbocycles. The Labute approximate surface area is 221 Å². The molecule has 2 aromatic heterocycles. The topological polar surface area (TPSA) is 112 Å². The molecule has 0 aliphatic rings. The Kier molecular flexibility index (Phi) is 6.75. The molecule has 0 fully saturated rings. The molecule has 1 N–H and O–H groups in total. The highest BCUT2D eigenvalue weighted by Crippen LogP contribution is 2.35. The Morgan fingerprint density at radius 3 is 2.55 bits per heavy atom. The Hall–Kier alpha value is -5.14. The predicted molar refractivity (Wildman–Crippen MR) is 133 cm³/mol. The number of nitrogens with one attached hydrogen (secondary N) is 1. The summed E-state index contributed by atoms with van der Waals surface area (Å²) in [4.78, 5) is 27.9. The van der Waals surface area contributed by atoms with Gasteiger partial charge in [-0.3, -0.25) is 14.9 Å². The van der Waals surface area contributed by atoms with E-state index in [-0.39, 0.29) is 22.7 Å². The Balaban J connectivity index is 1.60. The molecule has 9 nitrogen and oxygen atoms in total. The number of nitro benzene ring substituents is 1. The van der Waals surface area contributed by atoms with Gasteiger partial charge < -0.3 is 10.1 Å². The molecular formula is C26H16F5N5O4. The molecule has 0 spiro atoms. The van der Waals surface area contributed by atoms with Crippen molar-refractivity contribution < 1.29 is 36.4 Å². The summed E-state index contributed by atoms with van der Waals surface area (Å²) in [7, 11) is 0. The van der Waals surface area contributed by atoms with Gasteiger partial charge in [-0.2, -0.15) is 18.3 Å². The Morgan fingerprint density at radius 2 is 1.82 bits per heavy atom. The largest absolute Gasteiger partial charge is 0.487 e. The van der Waals surface area contributed by atoms with Crippen LogP contribution in [0, 0.1) is 10.1 Å². The number of nitro groups is 1. The third kappa shape index (κ3) is 5.23. The summed E-state index contributed by atoms with van der Waals surface area (Å²) >= 11 is 0. The standard InChI is InChI=1S/C26H16F5N5O4/c27-23(28)13-40-17-9-15(8-16(10-17)36(38)39)33-25(37)20-12-32-35-22(26(29,30)31)11-21(34-24(20)35)19-7-3-5-14-4-1-2-6-18(14)19/h1-12,23H,13H2,(H,33,37). The van der Waals surface area contributed by atoms with Crippen LogP contribution in [-0.2, 0) is 6.18 Å². The Morgan fingerprint density at radius 1 is 1.07 bits per heavy atom. The van der Waals surface area contributed by atoms with Gasteiger partial charge in [0.2, 0.25) is 0 Å². The van der Waals surface area contributed by atoms with Gasteiger partial charge in [0.25, 0.3) is 18.0 Å². The minimum absolute atomic E-state index is 0.0655. The molecule has 5 aromatic rings. The zero-order valence-corrected chi connectivity index (χ0v) is 20.0. The summed E-state index contributed by atoms with van der Waals surface area (Å²) in [5, 5.41) is 18.7. The number of non-ortho nitro benzene ring substituents is 1. The molecule has 5 rings (SSSR count). The molecule has 1 amide bonds. The van der Waals surface area contributed by atoms with Crippen molar-refractivity contribution in [3.8, 4) is 17.0 Å². The normalized spacial score (nSPS) is 11.8. The molecule has 0 aliphatic carbocycles. The van der Waals surface area contributed by atoms with Crippen molar-refractivity contribution in [2.75, 3.05) is 11.9 Å². The fourth-order valence-electron chi connectivity index (χ4n) is 4.11. The van der Waals surface area contributed by atoms with Gasteiger partial charge in [-0.15, -0.1) is 0 Å². The molecule has 0 saturated heterocycles. The number of hydrogen-bond acceptors (Lipinski definition) is 6. The lowest BCUT2D eigenvalue weighted by Gasteiger charge is -2.13. The number of carbonyl (C=O) groups excluding carboxylic acids is 1. The molecule has 0 aliphatic heterocycles. The van der Waals surface area contributed by atoms with E-state index in [4.69, 9.17) is 4.74 Å². The van der Waals surface area contributed by atoms with Crippen molar-refractivity contribution in [3.05, 3.63) is 94.3 Å². The van der Waals surface area contributed by atoms with Crippen LogP contribution in [0.25, 0.3) is 27.7 Å². The molecule has 0 saturated carbocycles. The zero-order chi connectivity index (χ0) is 28.6. The van der Waals surface area contributed by atoms with Gasteiger partial charge in [0.15, 0.2) is 11.3 Å². The summed E-state index contributed by atoms with van der Waals surface area (Å²) in [5.74, 6) is -1.31. The molecule has 0 bridgehead atoms. The molecule has 2 heterocycles. The predicted octanol–water partition coefficient (Wildman–Crippen LogP) is 6.37. The van der Waals surface area contributed by atoms with Crippen LogP contribution < -0.4 is 10.1 Å². The number of alkyl halides is 5. The number of halogens is 5. The number of ether oxygens (including phenoxy) is 1. The summed E-state index contributed by atoms with van der Waals surface area (Å²) < 4.78 is 72.6. The van der Waals surface area contributed by atoms with Gasteiger partial charge in [0, 0.05) is 17.7 Å². The fraction of sp³-hybridized carbons (Fsp3) is 0.115. The van der Waals surface area contributed by atoms with E-state index in [1.54, 1.807) is 42.5 Å². The lowest BCUT2D eigenvalue weighted by Crippen LogP contribution is -2.16. The number of rotatable bonds is 7. The van der Waals surface area contributed by atoms with Crippen LogP contribution >= 0.6 is 0 Å². The molecule has 14 heteroatoms. The van der Waals surface area contributed by atoms with Crippen LogP contribution in [0.4, 0.5) is 33.3 Å². The van der Waals surface area contributed by atoms with Gasteiger partial charge >= 0.3 is 6.18 Å². The van der Waals surface area contributed by atoms with Crippen LogP contribution in [-0.4, -0.2) is 38.5 Å². The smallest absolute Gasteiger partial charge is 0.433 e.